The number of unbranched alkanes of at least 4 members (excludes halogenated alkanes) is 1. The Morgan fingerprint density at radius 1 is 1.14 bits per heavy atom. The van der Waals surface area contributed by atoms with Crippen LogP contribution in [0.3, 0.4) is 0 Å². The van der Waals surface area contributed by atoms with Crippen LogP contribution in [0.4, 0.5) is 0 Å². The number of ether oxygens (including phenoxy) is 1. The standard InChI is InChI=1S/C27H37N3O5/c1-4-6-15-28-25(32)23(5-2)30(18-19-10-9-11-20(17-19)35-3)24(31)14-16-29-26(33)21-12-7-8-13-22(21)27(29)34/h7-11,17,21-23H,4-6,12-16,18H2,1-3H3,(H,28,32)/t21-,22+,23-/m1/s1. The van der Waals surface area contributed by atoms with Crippen molar-refractivity contribution >= 4 is 23.6 Å². The molecule has 0 aromatic heterocycles. The van der Waals surface area contributed by atoms with Crippen molar-refractivity contribution in [2.75, 3.05) is 20.2 Å². The normalized spacial score (nSPS) is 19.9. The van der Waals surface area contributed by atoms with Gasteiger partial charge in [-0.15, -0.1) is 0 Å². The average Bonchev–Trinajstić information content (AvgIpc) is 3.12. The third-order valence-corrected chi connectivity index (χ3v) is 6.85. The quantitative estimate of drug-likeness (QED) is 0.280. The molecular formula is C27H37N3O5. The summed E-state index contributed by atoms with van der Waals surface area (Å²) in [7, 11) is 1.58. The fourth-order valence-corrected chi connectivity index (χ4v) is 4.83. The number of imide groups is 1. The first-order valence-electron chi connectivity index (χ1n) is 12.6. The van der Waals surface area contributed by atoms with E-state index < -0.39 is 6.04 Å². The summed E-state index contributed by atoms with van der Waals surface area (Å²) in [5.74, 6) is -0.811. The Kier molecular flexibility index (Phi) is 9.46. The van der Waals surface area contributed by atoms with E-state index in [0.717, 1.165) is 18.4 Å². The lowest BCUT2D eigenvalue weighted by molar-refractivity contribution is -0.144. The van der Waals surface area contributed by atoms with E-state index in [2.05, 4.69) is 12.2 Å². The predicted molar refractivity (Wildman–Crippen MR) is 132 cm³/mol. The van der Waals surface area contributed by atoms with Crippen LogP contribution in [0.15, 0.2) is 36.4 Å². The number of likely N-dealkylation sites (tertiary alicyclic amines) is 1. The molecule has 1 N–H and O–H groups in total. The summed E-state index contributed by atoms with van der Waals surface area (Å²) >= 11 is 0. The Bertz CT molecular complexity index is 934. The van der Waals surface area contributed by atoms with Crippen LogP contribution in [0.1, 0.15) is 57.9 Å². The number of carbonyl (C=O) groups excluding carboxylic acids is 4. The van der Waals surface area contributed by atoms with Gasteiger partial charge < -0.3 is 15.0 Å². The van der Waals surface area contributed by atoms with Crippen LogP contribution in [0.25, 0.3) is 0 Å². The van der Waals surface area contributed by atoms with Crippen molar-refractivity contribution in [2.45, 2.75) is 65.0 Å². The molecule has 1 aromatic carbocycles. The van der Waals surface area contributed by atoms with E-state index in [-0.39, 0.29) is 55.0 Å². The zero-order chi connectivity index (χ0) is 25.4. The highest BCUT2D eigenvalue weighted by atomic mass is 16.5. The fraction of sp³-hybridized carbons (Fsp3) is 0.556. The maximum atomic E-state index is 13.5. The summed E-state index contributed by atoms with van der Waals surface area (Å²) in [5.41, 5.74) is 0.836. The number of rotatable bonds is 12. The first kappa shape index (κ1) is 26.4. The molecule has 35 heavy (non-hydrogen) atoms. The van der Waals surface area contributed by atoms with Crippen LogP contribution in [0.5, 0.6) is 5.75 Å². The minimum Gasteiger partial charge on any atom is -0.497 e. The van der Waals surface area contributed by atoms with E-state index in [9.17, 15) is 19.2 Å². The SMILES string of the molecule is CCCCNC(=O)[C@@H](CC)N(Cc1cccc(OC)c1)C(=O)CCN1C(=O)[C@H]2CC=CC[C@H]2C1=O. The van der Waals surface area contributed by atoms with Gasteiger partial charge in [-0.3, -0.25) is 24.1 Å². The summed E-state index contributed by atoms with van der Waals surface area (Å²) in [6.07, 6.45) is 7.27. The number of nitrogens with zero attached hydrogens (tertiary/aromatic N) is 2. The van der Waals surface area contributed by atoms with Gasteiger partial charge >= 0.3 is 0 Å². The number of hydrogen-bond donors (Lipinski definition) is 1. The number of hydrogen-bond acceptors (Lipinski definition) is 5. The van der Waals surface area contributed by atoms with Gasteiger partial charge in [-0.05, 0) is 43.4 Å². The zero-order valence-corrected chi connectivity index (χ0v) is 21.0. The highest BCUT2D eigenvalue weighted by Gasteiger charge is 2.47. The molecule has 0 saturated carbocycles. The first-order valence-corrected chi connectivity index (χ1v) is 12.6. The molecule has 1 aromatic rings. The molecule has 1 aliphatic heterocycles. The third kappa shape index (κ3) is 6.29. The average molecular weight is 484 g/mol. The number of methoxy groups -OCH3 is 1. The van der Waals surface area contributed by atoms with Crippen LogP contribution < -0.4 is 10.1 Å². The Hall–Kier alpha value is -3.16. The molecule has 1 aliphatic carbocycles. The molecule has 8 heteroatoms. The van der Waals surface area contributed by atoms with Crippen molar-refractivity contribution in [1.82, 2.24) is 15.1 Å². The molecule has 0 spiro atoms. The van der Waals surface area contributed by atoms with E-state index in [0.29, 0.717) is 31.6 Å². The van der Waals surface area contributed by atoms with Gasteiger partial charge in [-0.1, -0.05) is 44.6 Å². The second-order valence-corrected chi connectivity index (χ2v) is 9.18. The van der Waals surface area contributed by atoms with Crippen molar-refractivity contribution < 1.29 is 23.9 Å². The fourth-order valence-electron chi connectivity index (χ4n) is 4.83. The molecule has 8 nitrogen and oxygen atoms in total. The maximum Gasteiger partial charge on any atom is 0.242 e. The Morgan fingerprint density at radius 2 is 1.83 bits per heavy atom. The Morgan fingerprint density at radius 3 is 2.43 bits per heavy atom. The van der Waals surface area contributed by atoms with E-state index in [1.54, 1.807) is 12.0 Å². The lowest BCUT2D eigenvalue weighted by atomic mass is 9.85. The number of amides is 4. The number of carbonyl (C=O) groups is 4. The van der Waals surface area contributed by atoms with Gasteiger partial charge in [0.25, 0.3) is 0 Å². The van der Waals surface area contributed by atoms with Crippen LogP contribution in [-0.4, -0.2) is 59.7 Å². The second kappa shape index (κ2) is 12.5. The van der Waals surface area contributed by atoms with Crippen LogP contribution >= 0.6 is 0 Å². The first-order chi connectivity index (χ1) is 16.9. The summed E-state index contributed by atoms with van der Waals surface area (Å²) in [6.45, 7) is 4.75. The molecule has 0 radical (unpaired) electrons. The zero-order valence-electron chi connectivity index (χ0n) is 21.0. The van der Waals surface area contributed by atoms with Gasteiger partial charge in [0, 0.05) is 26.1 Å². The third-order valence-electron chi connectivity index (χ3n) is 6.85. The number of fused-ring (bicyclic) bond motifs is 1. The Labute approximate surface area is 207 Å². The van der Waals surface area contributed by atoms with Crippen LogP contribution in [-0.2, 0) is 25.7 Å². The van der Waals surface area contributed by atoms with Gasteiger partial charge in [0.15, 0.2) is 0 Å². The summed E-state index contributed by atoms with van der Waals surface area (Å²) in [4.78, 5) is 54.9. The number of nitrogens with one attached hydrogen (secondary N) is 1. The summed E-state index contributed by atoms with van der Waals surface area (Å²) < 4.78 is 5.31. The lowest BCUT2D eigenvalue weighted by Gasteiger charge is -2.31. The van der Waals surface area contributed by atoms with Gasteiger partial charge in [-0.25, -0.2) is 0 Å². The van der Waals surface area contributed by atoms with Crippen LogP contribution in [0, 0.1) is 11.8 Å². The minimum absolute atomic E-state index is 0.0208. The maximum absolute atomic E-state index is 13.5. The predicted octanol–water partition coefficient (Wildman–Crippen LogP) is 3.06. The molecule has 4 amide bonds. The van der Waals surface area contributed by atoms with E-state index in [4.69, 9.17) is 4.74 Å². The van der Waals surface area contributed by atoms with Crippen molar-refractivity contribution in [1.29, 1.82) is 0 Å². The molecular weight excluding hydrogens is 446 g/mol. The van der Waals surface area contributed by atoms with Crippen molar-refractivity contribution in [3.63, 3.8) is 0 Å². The van der Waals surface area contributed by atoms with E-state index in [1.165, 1.54) is 4.90 Å². The van der Waals surface area contributed by atoms with Crippen LogP contribution in [0.2, 0.25) is 0 Å². The monoisotopic (exact) mass is 483 g/mol. The highest BCUT2D eigenvalue weighted by Crippen LogP contribution is 2.35. The van der Waals surface area contributed by atoms with E-state index >= 15 is 0 Å². The number of benzene rings is 1. The summed E-state index contributed by atoms with van der Waals surface area (Å²) in [6, 6.07) is 6.74. The molecule has 0 bridgehead atoms. The topological polar surface area (TPSA) is 96.0 Å². The van der Waals surface area contributed by atoms with Gasteiger partial charge in [0.1, 0.15) is 11.8 Å². The smallest absolute Gasteiger partial charge is 0.242 e. The molecule has 1 heterocycles. The molecule has 0 unspecified atom stereocenters. The molecule has 190 valence electrons. The van der Waals surface area contributed by atoms with Crippen molar-refractivity contribution in [3.8, 4) is 5.75 Å². The minimum atomic E-state index is -0.651. The second-order valence-electron chi connectivity index (χ2n) is 9.18. The molecule has 1 saturated heterocycles. The van der Waals surface area contributed by atoms with Gasteiger partial charge in [-0.2, -0.15) is 0 Å². The highest BCUT2D eigenvalue weighted by molar-refractivity contribution is 6.05. The molecule has 1 fully saturated rings. The Balaban J connectivity index is 1.75. The van der Waals surface area contributed by atoms with Crippen molar-refractivity contribution in [2.24, 2.45) is 11.8 Å². The molecule has 2 aliphatic rings. The summed E-state index contributed by atoms with van der Waals surface area (Å²) in [5, 5.41) is 2.94. The van der Waals surface area contributed by atoms with Crippen molar-refractivity contribution in [3.05, 3.63) is 42.0 Å². The molecule has 3 atom stereocenters. The molecule has 3 rings (SSSR count). The lowest BCUT2D eigenvalue weighted by Crippen LogP contribution is -2.49. The van der Waals surface area contributed by atoms with Gasteiger partial charge in [0.2, 0.25) is 23.6 Å². The van der Waals surface area contributed by atoms with Gasteiger partial charge in [0.05, 0.1) is 18.9 Å². The number of allylic oxidation sites excluding steroid dienone is 2. The largest absolute Gasteiger partial charge is 0.497 e. The van der Waals surface area contributed by atoms with E-state index in [1.807, 2.05) is 43.3 Å².